The summed E-state index contributed by atoms with van der Waals surface area (Å²) in [6.45, 7) is 3.28. The van der Waals surface area contributed by atoms with E-state index in [4.69, 9.17) is 23.7 Å². The van der Waals surface area contributed by atoms with E-state index in [1.54, 1.807) is 0 Å². The molecule has 1 aromatic carbocycles. The molecule has 0 spiro atoms. The standard InChI is InChI=1S/C22H23F6NO9/c1-9(30)29-17-19(36-12(4)33)18(35-11(3)32)16(8-34-10(2)31)38-20(17)37-15-6-13(21(23,24)25)5-14(7-15)22(26,27)28/h5-7,16-20H,8H2,1-4H3,(H,29,30)/t16-,17-,18+,19+,20+/m0/s1. The van der Waals surface area contributed by atoms with Crippen LogP contribution in [0, 0.1) is 0 Å². The molecule has 1 N–H and O–H groups in total. The second kappa shape index (κ2) is 11.9. The smallest absolute Gasteiger partial charge is 0.416 e. The number of esters is 3. The van der Waals surface area contributed by atoms with Gasteiger partial charge >= 0.3 is 30.3 Å². The van der Waals surface area contributed by atoms with Crippen molar-refractivity contribution in [3.05, 3.63) is 29.3 Å². The molecule has 0 aliphatic carbocycles. The molecular weight excluding hydrogens is 536 g/mol. The summed E-state index contributed by atoms with van der Waals surface area (Å²) in [6.07, 6.45) is -17.0. The first-order valence-corrected chi connectivity index (χ1v) is 10.7. The Kier molecular flexibility index (Phi) is 9.58. The van der Waals surface area contributed by atoms with E-state index < -0.39 is 90.3 Å². The molecule has 16 heteroatoms. The minimum Gasteiger partial charge on any atom is -0.463 e. The van der Waals surface area contributed by atoms with Crippen LogP contribution >= 0.6 is 0 Å². The van der Waals surface area contributed by atoms with Crippen molar-refractivity contribution in [3.8, 4) is 5.75 Å². The Bertz CT molecular complexity index is 1030. The zero-order chi connectivity index (χ0) is 29.0. The second-order valence-corrected chi connectivity index (χ2v) is 8.08. The highest BCUT2D eigenvalue weighted by atomic mass is 19.4. The lowest BCUT2D eigenvalue weighted by molar-refractivity contribution is -0.257. The van der Waals surface area contributed by atoms with Crippen LogP contribution in [0.25, 0.3) is 0 Å². The van der Waals surface area contributed by atoms with Gasteiger partial charge in [0.25, 0.3) is 0 Å². The molecule has 0 aromatic heterocycles. The van der Waals surface area contributed by atoms with Crippen molar-refractivity contribution in [2.75, 3.05) is 6.61 Å². The number of rotatable bonds is 7. The van der Waals surface area contributed by atoms with Crippen molar-refractivity contribution >= 4 is 23.8 Å². The van der Waals surface area contributed by atoms with Gasteiger partial charge in [-0.2, -0.15) is 26.3 Å². The number of hydrogen-bond donors (Lipinski definition) is 1. The Labute approximate surface area is 211 Å². The lowest BCUT2D eigenvalue weighted by atomic mass is 9.96. The molecular formula is C22H23F6NO9. The lowest BCUT2D eigenvalue weighted by Gasteiger charge is -2.44. The Morgan fingerprint density at radius 3 is 1.74 bits per heavy atom. The average molecular weight is 559 g/mol. The second-order valence-electron chi connectivity index (χ2n) is 8.08. The predicted octanol–water partition coefficient (Wildman–Crippen LogP) is 2.76. The van der Waals surface area contributed by atoms with Crippen LogP contribution in [0.1, 0.15) is 38.8 Å². The maximum absolute atomic E-state index is 13.3. The van der Waals surface area contributed by atoms with E-state index in [2.05, 4.69) is 5.32 Å². The maximum Gasteiger partial charge on any atom is 0.416 e. The van der Waals surface area contributed by atoms with Crippen molar-refractivity contribution in [2.24, 2.45) is 0 Å². The van der Waals surface area contributed by atoms with Crippen LogP contribution in [0.4, 0.5) is 26.3 Å². The molecule has 1 aliphatic heterocycles. The van der Waals surface area contributed by atoms with E-state index in [9.17, 15) is 45.5 Å². The van der Waals surface area contributed by atoms with E-state index in [1.807, 2.05) is 0 Å². The summed E-state index contributed by atoms with van der Waals surface area (Å²) in [6, 6.07) is -1.20. The van der Waals surface area contributed by atoms with Crippen LogP contribution in [-0.4, -0.2) is 61.1 Å². The van der Waals surface area contributed by atoms with Gasteiger partial charge in [0.1, 0.15) is 24.5 Å². The van der Waals surface area contributed by atoms with Gasteiger partial charge in [0.15, 0.2) is 12.2 Å². The van der Waals surface area contributed by atoms with E-state index in [0.717, 1.165) is 27.7 Å². The van der Waals surface area contributed by atoms with Crippen LogP contribution in [0.3, 0.4) is 0 Å². The molecule has 0 saturated carbocycles. The summed E-state index contributed by atoms with van der Waals surface area (Å²) in [5.74, 6) is -4.48. The maximum atomic E-state index is 13.3. The fraction of sp³-hybridized carbons (Fsp3) is 0.545. The minimum atomic E-state index is -5.19. The predicted molar refractivity (Wildman–Crippen MR) is 111 cm³/mol. The van der Waals surface area contributed by atoms with Gasteiger partial charge in [0.2, 0.25) is 12.2 Å². The summed E-state index contributed by atoms with van der Waals surface area (Å²) >= 11 is 0. The number of halogens is 6. The van der Waals surface area contributed by atoms with E-state index in [1.165, 1.54) is 0 Å². The molecule has 0 bridgehead atoms. The van der Waals surface area contributed by atoms with Crippen molar-refractivity contribution in [3.63, 3.8) is 0 Å². The summed E-state index contributed by atoms with van der Waals surface area (Å²) in [7, 11) is 0. The largest absolute Gasteiger partial charge is 0.463 e. The molecule has 1 fully saturated rings. The zero-order valence-corrected chi connectivity index (χ0v) is 20.3. The number of alkyl halides is 6. The van der Waals surface area contributed by atoms with Crippen molar-refractivity contribution in [2.45, 2.75) is 70.7 Å². The Morgan fingerprint density at radius 1 is 0.816 bits per heavy atom. The highest BCUT2D eigenvalue weighted by Gasteiger charge is 2.52. The van der Waals surface area contributed by atoms with Crippen LogP contribution in [0.2, 0.25) is 0 Å². The molecule has 10 nitrogen and oxygen atoms in total. The Morgan fingerprint density at radius 2 is 1.32 bits per heavy atom. The van der Waals surface area contributed by atoms with E-state index in [-0.39, 0.29) is 18.2 Å². The zero-order valence-electron chi connectivity index (χ0n) is 20.3. The number of carbonyl (C=O) groups excluding carboxylic acids is 4. The van der Waals surface area contributed by atoms with Crippen molar-refractivity contribution in [1.29, 1.82) is 0 Å². The van der Waals surface area contributed by atoms with Crippen LogP contribution < -0.4 is 10.1 Å². The quantitative estimate of drug-likeness (QED) is 0.305. The third-order valence-electron chi connectivity index (χ3n) is 4.88. The summed E-state index contributed by atoms with van der Waals surface area (Å²) in [4.78, 5) is 46.8. The number of amides is 1. The minimum absolute atomic E-state index is 0.123. The van der Waals surface area contributed by atoms with E-state index >= 15 is 0 Å². The third-order valence-corrected chi connectivity index (χ3v) is 4.88. The SMILES string of the molecule is CC(=O)N[C@@H]1[C@H](Oc2cc(C(F)(F)F)cc(C(F)(F)F)c2)O[C@@H](COC(C)=O)[C@@H](OC(C)=O)[C@@H]1OC(C)=O. The number of carbonyl (C=O) groups is 4. The van der Waals surface area contributed by atoms with Crippen molar-refractivity contribution in [1.82, 2.24) is 5.32 Å². The van der Waals surface area contributed by atoms with Gasteiger partial charge in [-0.25, -0.2) is 0 Å². The summed E-state index contributed by atoms with van der Waals surface area (Å²) < 4.78 is 106. The molecule has 1 heterocycles. The molecule has 1 amide bonds. The molecule has 2 rings (SSSR count). The Hall–Kier alpha value is -3.56. The van der Waals surface area contributed by atoms with Crippen LogP contribution in [0.15, 0.2) is 18.2 Å². The number of ether oxygens (including phenoxy) is 5. The monoisotopic (exact) mass is 559 g/mol. The number of hydrogen-bond acceptors (Lipinski definition) is 9. The van der Waals surface area contributed by atoms with E-state index in [0.29, 0.717) is 0 Å². The number of benzene rings is 1. The van der Waals surface area contributed by atoms with Gasteiger partial charge in [-0.3, -0.25) is 19.2 Å². The highest BCUT2D eigenvalue weighted by molar-refractivity contribution is 5.73. The molecule has 0 unspecified atom stereocenters. The first-order chi connectivity index (χ1) is 17.4. The van der Waals surface area contributed by atoms with Gasteiger partial charge in [-0.05, 0) is 18.2 Å². The molecule has 5 atom stereocenters. The molecule has 1 aromatic rings. The molecule has 38 heavy (non-hydrogen) atoms. The first-order valence-electron chi connectivity index (χ1n) is 10.7. The summed E-state index contributed by atoms with van der Waals surface area (Å²) in [5, 5.41) is 2.28. The van der Waals surface area contributed by atoms with Gasteiger partial charge < -0.3 is 29.0 Å². The average Bonchev–Trinajstić information content (AvgIpc) is 2.74. The topological polar surface area (TPSA) is 126 Å². The van der Waals surface area contributed by atoms with Crippen molar-refractivity contribution < 1.29 is 69.2 Å². The fourth-order valence-corrected chi connectivity index (χ4v) is 3.52. The molecule has 0 radical (unpaired) electrons. The molecule has 212 valence electrons. The fourth-order valence-electron chi connectivity index (χ4n) is 3.52. The van der Waals surface area contributed by atoms with Gasteiger partial charge in [0, 0.05) is 27.7 Å². The van der Waals surface area contributed by atoms with Crippen LogP contribution in [0.5, 0.6) is 5.75 Å². The van der Waals surface area contributed by atoms with Gasteiger partial charge in [-0.15, -0.1) is 0 Å². The Balaban J connectivity index is 2.62. The lowest BCUT2D eigenvalue weighted by Crippen LogP contribution is -2.67. The van der Waals surface area contributed by atoms with Crippen LogP contribution in [-0.2, 0) is 50.5 Å². The third kappa shape index (κ3) is 8.49. The molecule has 1 saturated heterocycles. The summed E-state index contributed by atoms with van der Waals surface area (Å²) in [5.41, 5.74) is -3.39. The first kappa shape index (κ1) is 30.7. The van der Waals surface area contributed by atoms with Gasteiger partial charge in [0.05, 0.1) is 11.1 Å². The van der Waals surface area contributed by atoms with Gasteiger partial charge in [-0.1, -0.05) is 0 Å². The molecule has 1 aliphatic rings. The highest BCUT2D eigenvalue weighted by Crippen LogP contribution is 2.39. The normalized spacial score (nSPS) is 23.7. The number of nitrogens with one attached hydrogen (secondary N) is 1.